The van der Waals surface area contributed by atoms with E-state index in [0.29, 0.717) is 23.2 Å². The number of para-hydroxylation sites is 1. The summed E-state index contributed by atoms with van der Waals surface area (Å²) in [4.78, 5) is 20.0. The summed E-state index contributed by atoms with van der Waals surface area (Å²) in [6.07, 6.45) is 1.91. The highest BCUT2D eigenvalue weighted by Crippen LogP contribution is 2.35. The van der Waals surface area contributed by atoms with Gasteiger partial charge in [0.2, 0.25) is 0 Å². The molecular formula is C20H18I2N2O3S. The van der Waals surface area contributed by atoms with E-state index in [4.69, 9.17) is 9.47 Å². The van der Waals surface area contributed by atoms with Gasteiger partial charge in [-0.3, -0.25) is 9.69 Å². The molecule has 0 N–H and O–H groups in total. The number of carbonyl (C=O) groups excluding carboxylic acids is 1. The van der Waals surface area contributed by atoms with Crippen molar-refractivity contribution in [2.24, 2.45) is 4.99 Å². The number of thioether (sulfide) groups is 1. The first-order valence-electron chi connectivity index (χ1n) is 8.40. The van der Waals surface area contributed by atoms with E-state index in [1.165, 1.54) is 11.8 Å². The van der Waals surface area contributed by atoms with Crippen molar-refractivity contribution in [1.82, 2.24) is 4.90 Å². The van der Waals surface area contributed by atoms with E-state index in [-0.39, 0.29) is 5.91 Å². The minimum Gasteiger partial charge on any atom is -0.495 e. The number of hydrogen-bond acceptors (Lipinski definition) is 5. The summed E-state index contributed by atoms with van der Waals surface area (Å²) in [7, 11) is 3.29. The van der Waals surface area contributed by atoms with Crippen LogP contribution >= 0.6 is 56.9 Å². The second-order valence-electron chi connectivity index (χ2n) is 5.81. The maximum atomic E-state index is 13.0. The van der Waals surface area contributed by atoms with Gasteiger partial charge >= 0.3 is 0 Å². The van der Waals surface area contributed by atoms with Crippen LogP contribution in [0, 0.1) is 7.14 Å². The molecule has 5 nitrogen and oxygen atoms in total. The van der Waals surface area contributed by atoms with Crippen LogP contribution in [0.3, 0.4) is 0 Å². The van der Waals surface area contributed by atoms with Crippen LogP contribution in [-0.2, 0) is 9.53 Å². The lowest BCUT2D eigenvalue weighted by atomic mass is 10.2. The topological polar surface area (TPSA) is 51.1 Å². The Balaban J connectivity index is 1.95. The van der Waals surface area contributed by atoms with Crippen LogP contribution < -0.4 is 4.74 Å². The number of hydrogen-bond donors (Lipinski definition) is 0. The summed E-state index contributed by atoms with van der Waals surface area (Å²) in [6, 6.07) is 13.7. The van der Waals surface area contributed by atoms with Crippen LogP contribution in [0.1, 0.15) is 5.56 Å². The number of nitrogens with zero attached hydrogens (tertiary/aromatic N) is 2. The Hall–Kier alpha value is -1.11. The van der Waals surface area contributed by atoms with Crippen molar-refractivity contribution in [2.45, 2.75) is 0 Å². The normalized spacial score (nSPS) is 17.0. The van der Waals surface area contributed by atoms with Gasteiger partial charge in [0.15, 0.2) is 5.17 Å². The predicted molar refractivity (Wildman–Crippen MR) is 131 cm³/mol. The van der Waals surface area contributed by atoms with Crippen molar-refractivity contribution in [1.29, 1.82) is 0 Å². The molecule has 0 aromatic heterocycles. The first-order valence-corrected chi connectivity index (χ1v) is 11.4. The molecule has 3 rings (SSSR count). The van der Waals surface area contributed by atoms with Gasteiger partial charge in [-0.1, -0.05) is 18.2 Å². The van der Waals surface area contributed by atoms with E-state index in [0.717, 1.165) is 24.1 Å². The standard InChI is InChI=1S/C20H18I2N2O3S/c1-26-9-8-24-19(25)17(28-20(24)23-14-6-4-3-5-7-14)12-13-10-15(21)18(27-2)16(22)11-13/h3-7,10-12H,8-9H2,1-2H3/b17-12+,23-20?. The van der Waals surface area contributed by atoms with Crippen LogP contribution in [0.15, 0.2) is 52.4 Å². The Bertz CT molecular complexity index is 909. The molecule has 0 aliphatic carbocycles. The van der Waals surface area contributed by atoms with Crippen molar-refractivity contribution in [2.75, 3.05) is 27.4 Å². The molecule has 0 bridgehead atoms. The molecule has 2 aromatic carbocycles. The molecule has 1 saturated heterocycles. The minimum absolute atomic E-state index is 0.0578. The molecule has 8 heteroatoms. The first kappa shape index (κ1) is 21.6. The van der Waals surface area contributed by atoms with Crippen LogP contribution in [0.2, 0.25) is 0 Å². The van der Waals surface area contributed by atoms with Crippen LogP contribution in [0.4, 0.5) is 5.69 Å². The number of carbonyl (C=O) groups is 1. The van der Waals surface area contributed by atoms with E-state index in [2.05, 4.69) is 50.2 Å². The average Bonchev–Trinajstić information content (AvgIpc) is 2.95. The lowest BCUT2D eigenvalue weighted by Gasteiger charge is -2.14. The van der Waals surface area contributed by atoms with E-state index in [1.54, 1.807) is 19.1 Å². The fourth-order valence-electron chi connectivity index (χ4n) is 2.59. The molecule has 1 fully saturated rings. The molecule has 0 atom stereocenters. The van der Waals surface area contributed by atoms with Crippen molar-refractivity contribution >= 4 is 79.8 Å². The van der Waals surface area contributed by atoms with E-state index in [1.807, 2.05) is 48.5 Å². The van der Waals surface area contributed by atoms with Crippen molar-refractivity contribution in [3.8, 4) is 5.75 Å². The zero-order valence-electron chi connectivity index (χ0n) is 15.3. The quantitative estimate of drug-likeness (QED) is 0.331. The number of aliphatic imine (C=N–C) groups is 1. The summed E-state index contributed by atoms with van der Waals surface area (Å²) < 4.78 is 12.6. The van der Waals surface area contributed by atoms with Crippen LogP contribution in [0.25, 0.3) is 6.08 Å². The number of amidine groups is 1. The maximum Gasteiger partial charge on any atom is 0.266 e. The predicted octanol–water partition coefficient (Wildman–Crippen LogP) is 5.15. The summed E-state index contributed by atoms with van der Waals surface area (Å²) in [5, 5.41) is 0.664. The zero-order valence-corrected chi connectivity index (χ0v) is 20.4. The smallest absolute Gasteiger partial charge is 0.266 e. The number of amides is 1. The summed E-state index contributed by atoms with van der Waals surface area (Å²) in [6.45, 7) is 0.911. The lowest BCUT2D eigenvalue weighted by Crippen LogP contribution is -2.32. The molecule has 0 spiro atoms. The number of rotatable bonds is 6. The Kier molecular flexibility index (Phi) is 7.77. The van der Waals surface area contributed by atoms with E-state index in [9.17, 15) is 4.79 Å². The monoisotopic (exact) mass is 620 g/mol. The van der Waals surface area contributed by atoms with Gasteiger partial charge in [0, 0.05) is 7.11 Å². The number of benzene rings is 2. The van der Waals surface area contributed by atoms with Crippen LogP contribution in [-0.4, -0.2) is 43.3 Å². The average molecular weight is 620 g/mol. The van der Waals surface area contributed by atoms with E-state index < -0.39 is 0 Å². The SMILES string of the molecule is COCCN1C(=O)/C(=C\c2cc(I)c(OC)c(I)c2)SC1=Nc1ccccc1. The molecule has 1 amide bonds. The molecule has 1 heterocycles. The van der Waals surface area contributed by atoms with Crippen molar-refractivity contribution in [3.05, 3.63) is 60.1 Å². The third-order valence-corrected chi connectivity index (χ3v) is 6.52. The van der Waals surface area contributed by atoms with Gasteiger partial charge < -0.3 is 9.47 Å². The van der Waals surface area contributed by atoms with Gasteiger partial charge in [0.25, 0.3) is 5.91 Å². The van der Waals surface area contributed by atoms with Crippen molar-refractivity contribution < 1.29 is 14.3 Å². The number of ether oxygens (including phenoxy) is 2. The molecule has 1 aliphatic rings. The maximum absolute atomic E-state index is 13.0. The molecule has 146 valence electrons. The second kappa shape index (κ2) is 10.1. The number of halogens is 2. The van der Waals surface area contributed by atoms with Gasteiger partial charge in [-0.25, -0.2) is 4.99 Å². The van der Waals surface area contributed by atoms with Gasteiger partial charge in [0.05, 0.1) is 38.0 Å². The Morgan fingerprint density at radius 3 is 2.43 bits per heavy atom. The highest BCUT2D eigenvalue weighted by Gasteiger charge is 2.33. The minimum atomic E-state index is -0.0578. The molecule has 1 aliphatic heterocycles. The summed E-state index contributed by atoms with van der Waals surface area (Å²) in [5.74, 6) is 0.791. The van der Waals surface area contributed by atoms with Gasteiger partial charge in [-0.15, -0.1) is 0 Å². The lowest BCUT2D eigenvalue weighted by molar-refractivity contribution is -0.122. The van der Waals surface area contributed by atoms with Crippen LogP contribution in [0.5, 0.6) is 5.75 Å². The second-order valence-corrected chi connectivity index (χ2v) is 9.14. The summed E-state index contributed by atoms with van der Waals surface area (Å²) >= 11 is 5.87. The largest absolute Gasteiger partial charge is 0.495 e. The molecular weight excluding hydrogens is 602 g/mol. The van der Waals surface area contributed by atoms with Gasteiger partial charge in [-0.2, -0.15) is 0 Å². The third-order valence-electron chi connectivity index (χ3n) is 3.91. The van der Waals surface area contributed by atoms with E-state index >= 15 is 0 Å². The summed E-state index contributed by atoms with van der Waals surface area (Å²) in [5.41, 5.74) is 1.77. The van der Waals surface area contributed by atoms with Crippen molar-refractivity contribution in [3.63, 3.8) is 0 Å². The first-order chi connectivity index (χ1) is 13.5. The molecule has 0 radical (unpaired) electrons. The van der Waals surface area contributed by atoms with Gasteiger partial charge in [-0.05, 0) is 92.8 Å². The highest BCUT2D eigenvalue weighted by molar-refractivity contribution is 14.1. The Labute approximate surface area is 195 Å². The Morgan fingerprint density at radius 2 is 1.82 bits per heavy atom. The molecule has 0 unspecified atom stereocenters. The molecule has 2 aromatic rings. The third kappa shape index (κ3) is 5.08. The molecule has 28 heavy (non-hydrogen) atoms. The fourth-order valence-corrected chi connectivity index (χ4v) is 5.87. The molecule has 0 saturated carbocycles. The zero-order chi connectivity index (χ0) is 20.1. The highest BCUT2D eigenvalue weighted by atomic mass is 127. The Morgan fingerprint density at radius 1 is 1.14 bits per heavy atom. The number of methoxy groups -OCH3 is 2. The van der Waals surface area contributed by atoms with Gasteiger partial charge in [0.1, 0.15) is 5.75 Å². The fraction of sp³-hybridized carbons (Fsp3) is 0.200.